The fourth-order valence-electron chi connectivity index (χ4n) is 3.44. The van der Waals surface area contributed by atoms with Gasteiger partial charge in [0, 0.05) is 16.6 Å². The van der Waals surface area contributed by atoms with Crippen molar-refractivity contribution in [3.63, 3.8) is 0 Å². The van der Waals surface area contributed by atoms with Gasteiger partial charge in [0.1, 0.15) is 11.8 Å². The third kappa shape index (κ3) is 4.24. The van der Waals surface area contributed by atoms with Crippen LogP contribution in [0.25, 0.3) is 0 Å². The second-order valence-electron chi connectivity index (χ2n) is 6.70. The van der Waals surface area contributed by atoms with Gasteiger partial charge < -0.3 is 10.1 Å². The molecule has 2 aromatic rings. The number of para-hydroxylation sites is 1. The zero-order valence-electron chi connectivity index (χ0n) is 15.8. The second-order valence-corrected chi connectivity index (χ2v) is 9.51. The van der Waals surface area contributed by atoms with Crippen LogP contribution < -0.4 is 10.1 Å². The molecule has 0 aromatic heterocycles. The van der Waals surface area contributed by atoms with E-state index in [0.717, 1.165) is 10.0 Å². The average molecular weight is 467 g/mol. The van der Waals surface area contributed by atoms with Crippen molar-refractivity contribution in [2.24, 2.45) is 0 Å². The molecule has 1 fully saturated rings. The molecule has 2 aromatic carbocycles. The number of benzene rings is 2. The Bertz CT molecular complexity index is 947. The van der Waals surface area contributed by atoms with Crippen molar-refractivity contribution in [1.29, 1.82) is 0 Å². The predicted octanol–water partition coefficient (Wildman–Crippen LogP) is 3.49. The number of nitrogens with one attached hydrogen (secondary N) is 1. The van der Waals surface area contributed by atoms with Crippen LogP contribution in [0.4, 0.5) is 0 Å². The van der Waals surface area contributed by atoms with Gasteiger partial charge in [0.15, 0.2) is 0 Å². The average Bonchev–Trinajstić information content (AvgIpc) is 3.19. The van der Waals surface area contributed by atoms with Crippen LogP contribution in [0.3, 0.4) is 0 Å². The molecule has 1 aliphatic heterocycles. The van der Waals surface area contributed by atoms with Gasteiger partial charge in [-0.05, 0) is 50.1 Å². The fourth-order valence-corrected chi connectivity index (χ4v) is 5.36. The van der Waals surface area contributed by atoms with Crippen LogP contribution in [0.1, 0.15) is 31.4 Å². The smallest absolute Gasteiger partial charge is 0.243 e. The molecule has 2 atom stereocenters. The van der Waals surface area contributed by atoms with Gasteiger partial charge in [-0.3, -0.25) is 4.79 Å². The lowest BCUT2D eigenvalue weighted by Crippen LogP contribution is -2.46. The van der Waals surface area contributed by atoms with Crippen LogP contribution >= 0.6 is 15.9 Å². The first-order chi connectivity index (χ1) is 13.3. The molecule has 1 heterocycles. The normalized spacial score (nSPS) is 18.6. The molecule has 1 amide bonds. The SMILES string of the molecule is COc1ccccc1[C@H](C)NC(=O)[C@@H]1CCCN1S(=O)(=O)c1ccc(Br)cc1. The van der Waals surface area contributed by atoms with Gasteiger partial charge in [0.05, 0.1) is 18.0 Å². The van der Waals surface area contributed by atoms with Crippen molar-refractivity contribution < 1.29 is 17.9 Å². The number of amides is 1. The molecule has 0 unspecified atom stereocenters. The third-order valence-electron chi connectivity index (χ3n) is 4.89. The van der Waals surface area contributed by atoms with Crippen LogP contribution in [0.15, 0.2) is 57.9 Å². The van der Waals surface area contributed by atoms with Crippen LogP contribution in [-0.4, -0.2) is 38.3 Å². The highest BCUT2D eigenvalue weighted by atomic mass is 79.9. The van der Waals surface area contributed by atoms with Crippen molar-refractivity contribution in [1.82, 2.24) is 9.62 Å². The summed E-state index contributed by atoms with van der Waals surface area (Å²) in [6, 6.07) is 12.9. The Morgan fingerprint density at radius 3 is 2.57 bits per heavy atom. The molecule has 0 aliphatic carbocycles. The molecule has 150 valence electrons. The van der Waals surface area contributed by atoms with E-state index in [4.69, 9.17) is 4.74 Å². The maximum atomic E-state index is 13.0. The number of ether oxygens (including phenoxy) is 1. The lowest BCUT2D eigenvalue weighted by molar-refractivity contribution is -0.124. The first kappa shape index (κ1) is 20.8. The van der Waals surface area contributed by atoms with Crippen molar-refractivity contribution in [2.45, 2.75) is 36.7 Å². The maximum absolute atomic E-state index is 13.0. The van der Waals surface area contributed by atoms with E-state index >= 15 is 0 Å². The molecule has 0 radical (unpaired) electrons. The molecule has 28 heavy (non-hydrogen) atoms. The summed E-state index contributed by atoms with van der Waals surface area (Å²) < 4.78 is 33.5. The van der Waals surface area contributed by atoms with Gasteiger partial charge in [-0.2, -0.15) is 4.31 Å². The number of halogens is 1. The highest BCUT2D eigenvalue weighted by molar-refractivity contribution is 9.10. The van der Waals surface area contributed by atoms with Crippen molar-refractivity contribution in [3.8, 4) is 5.75 Å². The van der Waals surface area contributed by atoms with Crippen molar-refractivity contribution in [2.75, 3.05) is 13.7 Å². The Morgan fingerprint density at radius 2 is 1.89 bits per heavy atom. The number of hydrogen-bond donors (Lipinski definition) is 1. The van der Waals surface area contributed by atoms with Gasteiger partial charge >= 0.3 is 0 Å². The number of carbonyl (C=O) groups excluding carboxylic acids is 1. The molecular formula is C20H23BrN2O4S. The number of rotatable bonds is 6. The van der Waals surface area contributed by atoms with E-state index in [-0.39, 0.29) is 16.8 Å². The maximum Gasteiger partial charge on any atom is 0.243 e. The number of nitrogens with zero attached hydrogens (tertiary/aromatic N) is 1. The summed E-state index contributed by atoms with van der Waals surface area (Å²) in [4.78, 5) is 13.1. The lowest BCUT2D eigenvalue weighted by atomic mass is 10.1. The summed E-state index contributed by atoms with van der Waals surface area (Å²) >= 11 is 3.31. The molecule has 1 N–H and O–H groups in total. The topological polar surface area (TPSA) is 75.7 Å². The Morgan fingerprint density at radius 1 is 1.21 bits per heavy atom. The molecule has 1 saturated heterocycles. The van der Waals surface area contributed by atoms with Crippen LogP contribution in [0.2, 0.25) is 0 Å². The summed E-state index contributed by atoms with van der Waals surface area (Å²) in [7, 11) is -2.16. The van der Waals surface area contributed by atoms with Crippen LogP contribution in [0, 0.1) is 0 Å². The third-order valence-corrected chi connectivity index (χ3v) is 7.34. The first-order valence-corrected chi connectivity index (χ1v) is 11.3. The van der Waals surface area contributed by atoms with Crippen LogP contribution in [-0.2, 0) is 14.8 Å². The number of hydrogen-bond acceptors (Lipinski definition) is 4. The predicted molar refractivity (Wildman–Crippen MR) is 111 cm³/mol. The van der Waals surface area contributed by atoms with E-state index in [1.165, 1.54) is 4.31 Å². The van der Waals surface area contributed by atoms with E-state index in [9.17, 15) is 13.2 Å². The molecule has 0 bridgehead atoms. The van der Waals surface area contributed by atoms with E-state index in [1.54, 1.807) is 31.4 Å². The quantitative estimate of drug-likeness (QED) is 0.706. The number of sulfonamides is 1. The minimum absolute atomic E-state index is 0.188. The van der Waals surface area contributed by atoms with Crippen LogP contribution in [0.5, 0.6) is 5.75 Å². The molecule has 0 saturated carbocycles. The molecule has 6 nitrogen and oxygen atoms in total. The van der Waals surface area contributed by atoms with E-state index in [0.29, 0.717) is 25.1 Å². The summed E-state index contributed by atoms with van der Waals surface area (Å²) in [6.45, 7) is 2.19. The minimum Gasteiger partial charge on any atom is -0.496 e. The summed E-state index contributed by atoms with van der Waals surface area (Å²) in [6.07, 6.45) is 1.15. The minimum atomic E-state index is -3.74. The Kier molecular flexibility index (Phi) is 6.42. The summed E-state index contributed by atoms with van der Waals surface area (Å²) in [5.74, 6) is 0.387. The Hall–Kier alpha value is -1.90. The van der Waals surface area contributed by atoms with Gasteiger partial charge in [-0.15, -0.1) is 0 Å². The monoisotopic (exact) mass is 466 g/mol. The van der Waals surface area contributed by atoms with E-state index in [2.05, 4.69) is 21.2 Å². The molecule has 1 aliphatic rings. The first-order valence-electron chi connectivity index (χ1n) is 9.05. The van der Waals surface area contributed by atoms with Gasteiger partial charge in [0.25, 0.3) is 0 Å². The molecule has 0 spiro atoms. The van der Waals surface area contributed by atoms with Gasteiger partial charge in [0.2, 0.25) is 15.9 Å². The molecule has 3 rings (SSSR count). The summed E-state index contributed by atoms with van der Waals surface area (Å²) in [5, 5.41) is 2.94. The molecular weight excluding hydrogens is 444 g/mol. The summed E-state index contributed by atoms with van der Waals surface area (Å²) in [5.41, 5.74) is 0.846. The Balaban J connectivity index is 1.78. The highest BCUT2D eigenvalue weighted by Crippen LogP contribution is 2.29. The van der Waals surface area contributed by atoms with Gasteiger partial charge in [-0.1, -0.05) is 34.1 Å². The zero-order chi connectivity index (χ0) is 20.3. The zero-order valence-corrected chi connectivity index (χ0v) is 18.2. The van der Waals surface area contributed by atoms with E-state index in [1.807, 2.05) is 31.2 Å². The molecule has 8 heteroatoms. The van der Waals surface area contributed by atoms with Crippen molar-refractivity contribution in [3.05, 3.63) is 58.6 Å². The van der Waals surface area contributed by atoms with Gasteiger partial charge in [-0.25, -0.2) is 8.42 Å². The Labute approximate surface area is 174 Å². The number of methoxy groups -OCH3 is 1. The standard InChI is InChI=1S/C20H23BrN2O4S/c1-14(17-6-3-4-8-19(17)27-2)22-20(24)18-7-5-13-23(18)28(25,26)16-11-9-15(21)10-12-16/h3-4,6,8-12,14,18H,5,7,13H2,1-2H3,(H,22,24)/t14-,18-/m0/s1. The lowest BCUT2D eigenvalue weighted by Gasteiger charge is -2.25. The van der Waals surface area contributed by atoms with Crippen molar-refractivity contribution >= 4 is 31.9 Å². The fraction of sp³-hybridized carbons (Fsp3) is 0.350. The second kappa shape index (κ2) is 8.63. The number of carbonyl (C=O) groups is 1. The van der Waals surface area contributed by atoms with E-state index < -0.39 is 16.1 Å². The highest BCUT2D eigenvalue weighted by Gasteiger charge is 2.39. The largest absolute Gasteiger partial charge is 0.496 e.